The van der Waals surface area contributed by atoms with Crippen LogP contribution in [0.2, 0.25) is 0 Å². The van der Waals surface area contributed by atoms with Gasteiger partial charge < -0.3 is 13.9 Å². The highest BCUT2D eigenvalue weighted by Crippen LogP contribution is 2.37. The van der Waals surface area contributed by atoms with Crippen molar-refractivity contribution in [1.82, 2.24) is 19.1 Å². The summed E-state index contributed by atoms with van der Waals surface area (Å²) in [5, 5.41) is 1.14. The number of imidazole rings is 1. The average Bonchev–Trinajstić information content (AvgIpc) is 3.57. The Balaban J connectivity index is 1.35. The Morgan fingerprint density at radius 1 is 1.14 bits per heavy atom. The first-order chi connectivity index (χ1) is 17.1. The maximum atomic E-state index is 13.5. The number of Topliss-reactive ketones (excluding diaryl/α,β-unsaturated/α-hetero) is 1. The fourth-order valence-electron chi connectivity index (χ4n) is 6.05. The molecule has 6 rings (SSSR count). The predicted molar refractivity (Wildman–Crippen MR) is 138 cm³/mol. The summed E-state index contributed by atoms with van der Waals surface area (Å²) in [5.74, 6) is 2.42. The molecule has 6 nitrogen and oxygen atoms in total. The number of aromatic nitrogens is 4. The summed E-state index contributed by atoms with van der Waals surface area (Å²) in [6.45, 7) is 3.18. The summed E-state index contributed by atoms with van der Waals surface area (Å²) in [4.78, 5) is 23.2. The topological polar surface area (TPSA) is 61.9 Å². The molecule has 0 aliphatic heterocycles. The Morgan fingerprint density at radius 3 is 2.77 bits per heavy atom. The number of rotatable bonds is 7. The van der Waals surface area contributed by atoms with Gasteiger partial charge in [0, 0.05) is 43.8 Å². The number of methoxy groups -OCH3 is 1. The molecular weight excluding hydrogens is 436 g/mol. The normalized spacial score (nSPS) is 22.8. The quantitative estimate of drug-likeness (QED) is 0.310. The van der Waals surface area contributed by atoms with Crippen LogP contribution < -0.4 is 0 Å². The van der Waals surface area contributed by atoms with E-state index >= 15 is 0 Å². The van der Waals surface area contributed by atoms with Gasteiger partial charge in [-0.15, -0.1) is 0 Å². The van der Waals surface area contributed by atoms with Crippen LogP contribution in [0, 0.1) is 17.8 Å². The molecule has 3 heterocycles. The van der Waals surface area contributed by atoms with Gasteiger partial charge in [-0.25, -0.2) is 9.97 Å². The Hall–Kier alpha value is -2.99. The molecule has 35 heavy (non-hydrogen) atoms. The second-order valence-corrected chi connectivity index (χ2v) is 10.5. The lowest BCUT2D eigenvalue weighted by Gasteiger charge is -2.34. The molecule has 0 N–H and O–H groups in total. The number of hydrogen-bond donors (Lipinski definition) is 0. The van der Waals surface area contributed by atoms with Crippen molar-refractivity contribution in [2.75, 3.05) is 7.11 Å². The molecule has 0 spiro atoms. The lowest BCUT2D eigenvalue weighted by atomic mass is 9.75. The van der Waals surface area contributed by atoms with E-state index in [4.69, 9.17) is 9.72 Å². The van der Waals surface area contributed by atoms with Crippen LogP contribution in [0.4, 0.5) is 0 Å². The van der Waals surface area contributed by atoms with Gasteiger partial charge in [-0.05, 0) is 80.3 Å². The number of ketones is 1. The van der Waals surface area contributed by atoms with Crippen molar-refractivity contribution in [2.45, 2.75) is 58.1 Å². The Kier molecular flexibility index (Phi) is 5.72. The largest absolute Gasteiger partial charge is 0.381 e. The number of hydrogen-bond acceptors (Lipinski definition) is 4. The number of ether oxygens (including phenoxy) is 1. The van der Waals surface area contributed by atoms with Crippen molar-refractivity contribution >= 4 is 27.9 Å². The first kappa shape index (κ1) is 22.5. The summed E-state index contributed by atoms with van der Waals surface area (Å²) in [6, 6.07) is 12.4. The molecule has 3 aromatic heterocycles. The minimum Gasteiger partial charge on any atom is -0.381 e. The van der Waals surface area contributed by atoms with E-state index in [0.29, 0.717) is 5.92 Å². The highest BCUT2D eigenvalue weighted by Gasteiger charge is 2.33. The number of fused-ring (bicyclic) bond motifs is 2. The maximum Gasteiger partial charge on any atom is 0.166 e. The predicted octanol–water partition coefficient (Wildman–Crippen LogP) is 6.02. The van der Waals surface area contributed by atoms with Gasteiger partial charge in [0.15, 0.2) is 11.6 Å². The minimum absolute atomic E-state index is 0.0686. The van der Waals surface area contributed by atoms with Crippen molar-refractivity contribution < 1.29 is 9.53 Å². The molecule has 2 aliphatic carbocycles. The van der Waals surface area contributed by atoms with E-state index < -0.39 is 0 Å². The molecular formula is C29H34N4O2. The van der Waals surface area contributed by atoms with Crippen molar-refractivity contribution in [1.29, 1.82) is 0 Å². The molecule has 4 aromatic rings. The van der Waals surface area contributed by atoms with Gasteiger partial charge in [0.25, 0.3) is 0 Å². The van der Waals surface area contributed by atoms with Crippen LogP contribution in [0.15, 0.2) is 42.6 Å². The van der Waals surface area contributed by atoms with Crippen LogP contribution in [0.1, 0.15) is 55.8 Å². The van der Waals surface area contributed by atoms with Gasteiger partial charge >= 0.3 is 0 Å². The van der Waals surface area contributed by atoms with E-state index in [1.165, 1.54) is 12.8 Å². The SMILES string of the molecule is CC[C@H]1CC(C(=O)c2ccc3c(c2)nc(-c2cc4cccnc4n2CC2CC2)n3C)CC[C@H]1OC. The number of pyridine rings is 1. The lowest BCUT2D eigenvalue weighted by molar-refractivity contribution is 0.00826. The fraction of sp³-hybridized carbons (Fsp3) is 0.483. The van der Waals surface area contributed by atoms with Crippen LogP contribution in [-0.4, -0.2) is 38.1 Å². The van der Waals surface area contributed by atoms with Crippen molar-refractivity contribution in [3.8, 4) is 11.5 Å². The van der Waals surface area contributed by atoms with Crippen LogP contribution in [-0.2, 0) is 18.3 Å². The second-order valence-electron chi connectivity index (χ2n) is 10.5. The van der Waals surface area contributed by atoms with Gasteiger partial charge in [-0.1, -0.05) is 13.3 Å². The summed E-state index contributed by atoms with van der Waals surface area (Å²) in [5.41, 5.74) is 4.82. The highest BCUT2D eigenvalue weighted by molar-refractivity contribution is 6.01. The molecule has 2 fully saturated rings. The summed E-state index contributed by atoms with van der Waals surface area (Å²) >= 11 is 0. The molecule has 0 radical (unpaired) electrons. The summed E-state index contributed by atoms with van der Waals surface area (Å²) in [6.07, 6.45) is 8.53. The zero-order valence-electron chi connectivity index (χ0n) is 20.9. The van der Waals surface area contributed by atoms with Crippen molar-refractivity contribution in [3.05, 3.63) is 48.2 Å². The molecule has 0 bridgehead atoms. The number of benzene rings is 1. The molecule has 1 unspecified atom stereocenters. The van der Waals surface area contributed by atoms with Crippen LogP contribution in [0.5, 0.6) is 0 Å². The standard InChI is InChI=1S/C29H34N4O2/c1-4-19-14-20(10-12-26(19)35-3)27(34)21-9-11-24-23(15-21)31-29(32(24)2)25-16-22-6-5-13-30-28(22)33(25)17-18-7-8-18/h5-6,9,11,13,15-16,18-20,26H,4,7-8,10,12,14,17H2,1-3H3/t19-,20?,26+/m0/s1. The third kappa shape index (κ3) is 3.98. The first-order valence-electron chi connectivity index (χ1n) is 13.1. The summed E-state index contributed by atoms with van der Waals surface area (Å²) in [7, 11) is 3.86. The van der Waals surface area contributed by atoms with Gasteiger partial charge in [0.2, 0.25) is 0 Å². The zero-order valence-corrected chi connectivity index (χ0v) is 20.9. The van der Waals surface area contributed by atoms with Crippen LogP contribution in [0.25, 0.3) is 33.6 Å². The molecule has 2 saturated carbocycles. The smallest absolute Gasteiger partial charge is 0.166 e. The molecule has 3 atom stereocenters. The highest BCUT2D eigenvalue weighted by atomic mass is 16.5. The van der Waals surface area contributed by atoms with E-state index in [0.717, 1.165) is 77.3 Å². The van der Waals surface area contributed by atoms with Crippen LogP contribution in [0.3, 0.4) is 0 Å². The van der Waals surface area contributed by atoms with E-state index in [-0.39, 0.29) is 17.8 Å². The monoisotopic (exact) mass is 470 g/mol. The third-order valence-electron chi connectivity index (χ3n) is 8.30. The molecule has 0 amide bonds. The zero-order chi connectivity index (χ0) is 24.1. The molecule has 0 saturated heterocycles. The molecule has 1 aromatic carbocycles. The number of aryl methyl sites for hydroxylation is 1. The van der Waals surface area contributed by atoms with E-state index in [9.17, 15) is 4.79 Å². The first-order valence-corrected chi connectivity index (χ1v) is 13.1. The Labute approximate surface area is 206 Å². The second kappa shape index (κ2) is 8.90. The van der Waals surface area contributed by atoms with Crippen molar-refractivity contribution in [2.24, 2.45) is 24.8 Å². The van der Waals surface area contributed by atoms with Gasteiger partial charge in [-0.3, -0.25) is 4.79 Å². The third-order valence-corrected chi connectivity index (χ3v) is 8.30. The lowest BCUT2D eigenvalue weighted by Crippen LogP contribution is -2.33. The molecule has 6 heteroatoms. The van der Waals surface area contributed by atoms with Crippen LogP contribution >= 0.6 is 0 Å². The number of nitrogens with zero attached hydrogens (tertiary/aromatic N) is 4. The Bertz CT molecular complexity index is 1400. The van der Waals surface area contributed by atoms with Gasteiger partial charge in [0.1, 0.15) is 5.65 Å². The van der Waals surface area contributed by atoms with E-state index in [1.807, 2.05) is 24.4 Å². The minimum atomic E-state index is 0.0686. The molecule has 182 valence electrons. The van der Waals surface area contributed by atoms with E-state index in [2.05, 4.69) is 46.3 Å². The number of carbonyl (C=O) groups excluding carboxylic acids is 1. The summed E-state index contributed by atoms with van der Waals surface area (Å²) < 4.78 is 10.2. The average molecular weight is 471 g/mol. The number of carbonyl (C=O) groups is 1. The maximum absolute atomic E-state index is 13.5. The Morgan fingerprint density at radius 2 is 2.00 bits per heavy atom. The molecule has 2 aliphatic rings. The van der Waals surface area contributed by atoms with E-state index in [1.54, 1.807) is 7.11 Å². The van der Waals surface area contributed by atoms with Gasteiger partial charge in [-0.2, -0.15) is 0 Å². The van der Waals surface area contributed by atoms with Crippen molar-refractivity contribution in [3.63, 3.8) is 0 Å². The fourth-order valence-corrected chi connectivity index (χ4v) is 6.05. The van der Waals surface area contributed by atoms with Gasteiger partial charge in [0.05, 0.1) is 22.8 Å².